The number of aryl methyl sites for hydroxylation is 3. The smallest absolute Gasteiger partial charge is 0.269 e. The van der Waals surface area contributed by atoms with Gasteiger partial charge in [-0.05, 0) is 37.6 Å². The molecule has 0 N–H and O–H groups in total. The molecule has 0 fully saturated rings. The van der Waals surface area contributed by atoms with E-state index in [0.29, 0.717) is 27.5 Å². The molecule has 0 saturated heterocycles. The summed E-state index contributed by atoms with van der Waals surface area (Å²) in [7, 11) is -2.20. The lowest BCUT2D eigenvalue weighted by molar-refractivity contribution is 0.589. The van der Waals surface area contributed by atoms with Gasteiger partial charge >= 0.3 is 0 Å². The third-order valence-corrected chi connectivity index (χ3v) is 7.10. The normalized spacial score (nSPS) is 11.6. The summed E-state index contributed by atoms with van der Waals surface area (Å²) in [6.45, 7) is 7.50. The van der Waals surface area contributed by atoms with Crippen molar-refractivity contribution in [1.29, 1.82) is 0 Å². The van der Waals surface area contributed by atoms with Crippen molar-refractivity contribution in [3.8, 4) is 11.3 Å². The molecule has 4 aromatic heterocycles. The van der Waals surface area contributed by atoms with E-state index in [1.807, 2.05) is 27.0 Å². The number of pyridine rings is 2. The van der Waals surface area contributed by atoms with Crippen LogP contribution in [0, 0.1) is 19.7 Å². The van der Waals surface area contributed by atoms with Crippen LogP contribution in [0.3, 0.4) is 0 Å². The molecule has 0 aliphatic heterocycles. The number of aromatic nitrogens is 5. The first-order chi connectivity index (χ1) is 15.8. The number of hydrogen-bond acceptors (Lipinski definition) is 5. The van der Waals surface area contributed by atoms with Gasteiger partial charge in [0.15, 0.2) is 5.65 Å². The van der Waals surface area contributed by atoms with E-state index in [2.05, 4.69) is 15.1 Å². The third kappa shape index (κ3) is 3.68. The van der Waals surface area contributed by atoms with Crippen molar-refractivity contribution in [2.75, 3.05) is 0 Å². The molecule has 0 atom stereocenters. The van der Waals surface area contributed by atoms with Crippen molar-refractivity contribution < 1.29 is 12.8 Å². The van der Waals surface area contributed by atoms with Crippen molar-refractivity contribution in [3.05, 3.63) is 72.1 Å². The Bertz CT molecular complexity index is 1590. The zero-order valence-electron chi connectivity index (χ0n) is 19.0. The average Bonchev–Trinajstić information content (AvgIpc) is 3.39. The number of halogens is 1. The molecule has 0 spiro atoms. The van der Waals surface area contributed by atoms with Gasteiger partial charge in [-0.2, -0.15) is 5.10 Å². The number of benzene rings is 1. The largest absolute Gasteiger partial charge is 0.275 e. The van der Waals surface area contributed by atoms with Gasteiger partial charge in [-0.25, -0.2) is 21.8 Å². The molecule has 0 aliphatic carbocycles. The van der Waals surface area contributed by atoms with E-state index in [1.54, 1.807) is 55.2 Å². The molecular formula is C24H24FN5O2S. The molecule has 9 heteroatoms. The SMILES string of the molecule is CC.Cc1ccc(S(=O)(=O)n2c3cnc(-c4cnn(C)c4)cc3c3c(C)c(F)cnc32)cc1. The van der Waals surface area contributed by atoms with Gasteiger partial charge in [-0.15, -0.1) is 0 Å². The van der Waals surface area contributed by atoms with E-state index in [9.17, 15) is 12.8 Å². The number of nitrogens with zero attached hydrogens (tertiary/aromatic N) is 5. The van der Waals surface area contributed by atoms with Crippen LogP contribution >= 0.6 is 0 Å². The maximum Gasteiger partial charge on any atom is 0.269 e. The van der Waals surface area contributed by atoms with Crippen LogP contribution in [0.25, 0.3) is 33.2 Å². The van der Waals surface area contributed by atoms with E-state index in [1.165, 1.54) is 6.20 Å². The zero-order chi connectivity index (χ0) is 23.9. The molecule has 1 aromatic carbocycles. The summed E-state index contributed by atoms with van der Waals surface area (Å²) in [5, 5.41) is 5.16. The summed E-state index contributed by atoms with van der Waals surface area (Å²) in [4.78, 5) is 8.74. The summed E-state index contributed by atoms with van der Waals surface area (Å²) in [5.74, 6) is -0.501. The summed E-state index contributed by atoms with van der Waals surface area (Å²) in [6, 6.07) is 8.33. The molecule has 0 radical (unpaired) electrons. The standard InChI is InChI=1S/C22H18FN5O2S.C2H6/c1-13-4-6-16(7-5-13)31(29,30)28-20-11-24-19(15-9-26-27(3)12-15)8-17(20)21-14(2)18(23)10-25-22(21)28;1-2/h4-12H,1-3H3;1-2H3. The van der Waals surface area contributed by atoms with Crippen molar-refractivity contribution in [3.63, 3.8) is 0 Å². The van der Waals surface area contributed by atoms with Gasteiger partial charge in [0.05, 0.1) is 34.7 Å². The fourth-order valence-electron chi connectivity index (χ4n) is 3.74. The van der Waals surface area contributed by atoms with Crippen molar-refractivity contribution in [2.24, 2.45) is 7.05 Å². The highest BCUT2D eigenvalue weighted by atomic mass is 32.2. The quantitative estimate of drug-likeness (QED) is 0.374. The maximum atomic E-state index is 14.4. The first-order valence-electron chi connectivity index (χ1n) is 10.5. The van der Waals surface area contributed by atoms with Crippen molar-refractivity contribution in [1.82, 2.24) is 23.7 Å². The second-order valence-corrected chi connectivity index (χ2v) is 9.29. The zero-order valence-corrected chi connectivity index (χ0v) is 19.9. The molecule has 0 bridgehead atoms. The van der Waals surface area contributed by atoms with Gasteiger partial charge in [0.25, 0.3) is 10.0 Å². The van der Waals surface area contributed by atoms with E-state index in [0.717, 1.165) is 21.3 Å². The third-order valence-electron chi connectivity index (χ3n) is 5.38. The maximum absolute atomic E-state index is 14.4. The van der Waals surface area contributed by atoms with Crippen LogP contribution in [-0.4, -0.2) is 32.1 Å². The summed E-state index contributed by atoms with van der Waals surface area (Å²) in [6.07, 6.45) is 6.01. The van der Waals surface area contributed by atoms with Gasteiger partial charge in [0, 0.05) is 29.6 Å². The summed E-state index contributed by atoms with van der Waals surface area (Å²) >= 11 is 0. The average molecular weight is 466 g/mol. The minimum atomic E-state index is -3.99. The van der Waals surface area contributed by atoms with E-state index < -0.39 is 15.8 Å². The predicted octanol–water partition coefficient (Wildman–Crippen LogP) is 5.00. The molecule has 5 aromatic rings. The molecule has 33 heavy (non-hydrogen) atoms. The highest BCUT2D eigenvalue weighted by Gasteiger charge is 2.26. The van der Waals surface area contributed by atoms with Crippen LogP contribution in [0.2, 0.25) is 0 Å². The second-order valence-electron chi connectivity index (χ2n) is 7.50. The molecule has 0 saturated carbocycles. The lowest BCUT2D eigenvalue weighted by Gasteiger charge is -2.09. The lowest BCUT2D eigenvalue weighted by Crippen LogP contribution is -2.13. The second kappa shape index (κ2) is 8.40. The van der Waals surface area contributed by atoms with E-state index in [-0.39, 0.29) is 10.5 Å². The molecule has 0 unspecified atom stereocenters. The van der Waals surface area contributed by atoms with E-state index >= 15 is 0 Å². The minimum Gasteiger partial charge on any atom is -0.275 e. The first-order valence-corrected chi connectivity index (χ1v) is 12.0. The van der Waals surface area contributed by atoms with Gasteiger partial charge in [-0.1, -0.05) is 31.5 Å². The van der Waals surface area contributed by atoms with Crippen LogP contribution in [-0.2, 0) is 17.1 Å². The Balaban J connectivity index is 0.00000126. The van der Waals surface area contributed by atoms with Crippen LogP contribution in [0.4, 0.5) is 4.39 Å². The molecular weight excluding hydrogens is 441 g/mol. The topological polar surface area (TPSA) is 82.7 Å². The van der Waals surface area contributed by atoms with Crippen LogP contribution in [0.5, 0.6) is 0 Å². The first kappa shape index (κ1) is 22.6. The number of hydrogen-bond donors (Lipinski definition) is 0. The van der Waals surface area contributed by atoms with Crippen LogP contribution < -0.4 is 0 Å². The van der Waals surface area contributed by atoms with Gasteiger partial charge in [0.1, 0.15) is 5.82 Å². The lowest BCUT2D eigenvalue weighted by atomic mass is 10.1. The monoisotopic (exact) mass is 465 g/mol. The molecule has 4 heterocycles. The Morgan fingerprint density at radius 2 is 1.67 bits per heavy atom. The highest BCUT2D eigenvalue weighted by molar-refractivity contribution is 7.90. The molecule has 0 amide bonds. The summed E-state index contributed by atoms with van der Waals surface area (Å²) < 4.78 is 44.4. The highest BCUT2D eigenvalue weighted by Crippen LogP contribution is 2.35. The Kier molecular flexibility index (Phi) is 5.75. The molecule has 0 aliphatic rings. The molecule has 7 nitrogen and oxygen atoms in total. The Hall–Kier alpha value is -3.59. The van der Waals surface area contributed by atoms with Gasteiger partial charge in [0.2, 0.25) is 0 Å². The molecule has 5 rings (SSSR count). The van der Waals surface area contributed by atoms with E-state index in [4.69, 9.17) is 0 Å². The summed E-state index contributed by atoms with van der Waals surface area (Å²) in [5.41, 5.74) is 3.16. The fourth-order valence-corrected chi connectivity index (χ4v) is 5.20. The fraction of sp³-hybridized carbons (Fsp3) is 0.208. The van der Waals surface area contributed by atoms with Gasteiger partial charge in [-0.3, -0.25) is 9.67 Å². The van der Waals surface area contributed by atoms with Gasteiger partial charge < -0.3 is 0 Å². The Morgan fingerprint density at radius 3 is 2.30 bits per heavy atom. The Labute approximate surface area is 191 Å². The Morgan fingerprint density at radius 1 is 0.970 bits per heavy atom. The predicted molar refractivity (Wildman–Crippen MR) is 127 cm³/mol. The van der Waals surface area contributed by atoms with Crippen molar-refractivity contribution in [2.45, 2.75) is 32.6 Å². The number of rotatable bonds is 3. The minimum absolute atomic E-state index is 0.122. The van der Waals surface area contributed by atoms with Crippen LogP contribution in [0.1, 0.15) is 25.0 Å². The number of fused-ring (bicyclic) bond motifs is 3. The van der Waals surface area contributed by atoms with Crippen LogP contribution in [0.15, 0.2) is 60.0 Å². The molecule has 170 valence electrons. The van der Waals surface area contributed by atoms with Crippen molar-refractivity contribution >= 4 is 32.0 Å².